The maximum Gasteiger partial charge on any atom is 0.205 e. The van der Waals surface area contributed by atoms with Crippen LogP contribution in [-0.2, 0) is 0 Å². The summed E-state index contributed by atoms with van der Waals surface area (Å²) in [5.74, 6) is 0.603. The summed E-state index contributed by atoms with van der Waals surface area (Å²) < 4.78 is 5.83. The van der Waals surface area contributed by atoms with Crippen LogP contribution in [0.15, 0.2) is 72.1 Å². The van der Waals surface area contributed by atoms with Crippen LogP contribution in [0.4, 0.5) is 0 Å². The zero-order chi connectivity index (χ0) is 16.7. The van der Waals surface area contributed by atoms with E-state index in [0.717, 1.165) is 21.9 Å². The molecule has 0 saturated carbocycles. The number of hydrogen-bond acceptors (Lipinski definition) is 3. The molecule has 0 bridgehead atoms. The molecular weight excluding hydrogens is 320 g/mol. The zero-order valence-electron chi connectivity index (χ0n) is 12.7. The van der Waals surface area contributed by atoms with Crippen LogP contribution >= 0.6 is 11.6 Å². The van der Waals surface area contributed by atoms with Gasteiger partial charge in [0, 0.05) is 16.0 Å². The number of ether oxygens (including phenoxy) is 1. The molecule has 2 N–H and O–H groups in total. The summed E-state index contributed by atoms with van der Waals surface area (Å²) in [4.78, 5) is 0. The molecule has 1 aliphatic heterocycles. The lowest BCUT2D eigenvalue weighted by atomic mass is 9.82. The molecule has 1 atom stereocenters. The first kappa shape index (κ1) is 14.6. The quantitative estimate of drug-likeness (QED) is 0.702. The molecule has 0 saturated heterocycles. The standard InChI is InChI=1S/C20H13ClN2O/c21-14-8-5-13(6-9-14)18-16-10-7-12-3-1-2-4-15(12)19(16)24-20(23)17(18)11-22/h1-10,18H,23H2/t18-/m0/s1. The van der Waals surface area contributed by atoms with E-state index in [0.29, 0.717) is 16.3 Å². The third kappa shape index (κ3) is 2.20. The van der Waals surface area contributed by atoms with E-state index in [1.54, 1.807) is 0 Å². The van der Waals surface area contributed by atoms with E-state index >= 15 is 0 Å². The summed E-state index contributed by atoms with van der Waals surface area (Å²) in [6, 6.07) is 21.7. The van der Waals surface area contributed by atoms with Crippen molar-refractivity contribution in [2.75, 3.05) is 0 Å². The number of halogens is 1. The highest BCUT2D eigenvalue weighted by Crippen LogP contribution is 2.45. The molecule has 0 amide bonds. The second-order valence-corrected chi connectivity index (χ2v) is 6.12. The molecule has 0 spiro atoms. The first-order valence-electron chi connectivity index (χ1n) is 7.53. The van der Waals surface area contributed by atoms with Crippen LogP contribution in [-0.4, -0.2) is 0 Å². The summed E-state index contributed by atoms with van der Waals surface area (Å²) in [5.41, 5.74) is 8.37. The average molecular weight is 333 g/mol. The van der Waals surface area contributed by atoms with Gasteiger partial charge in [-0.1, -0.05) is 60.1 Å². The number of nitriles is 1. The molecule has 0 unspecified atom stereocenters. The fraction of sp³-hybridized carbons (Fsp3) is 0.0500. The van der Waals surface area contributed by atoms with Crippen LogP contribution in [0.1, 0.15) is 17.0 Å². The van der Waals surface area contributed by atoms with Gasteiger partial charge >= 0.3 is 0 Å². The van der Waals surface area contributed by atoms with Crippen LogP contribution < -0.4 is 10.5 Å². The first-order valence-corrected chi connectivity index (χ1v) is 7.91. The third-order valence-electron chi connectivity index (χ3n) is 4.31. The van der Waals surface area contributed by atoms with Crippen LogP contribution in [0.2, 0.25) is 5.02 Å². The normalized spacial score (nSPS) is 16.4. The molecule has 3 aromatic carbocycles. The molecule has 4 heteroatoms. The topological polar surface area (TPSA) is 59.0 Å². The molecule has 24 heavy (non-hydrogen) atoms. The van der Waals surface area contributed by atoms with Crippen molar-refractivity contribution in [3.05, 3.63) is 88.3 Å². The number of hydrogen-bond donors (Lipinski definition) is 1. The van der Waals surface area contributed by atoms with Crippen molar-refractivity contribution in [3.63, 3.8) is 0 Å². The Labute approximate surface area is 144 Å². The molecule has 4 rings (SSSR count). The monoisotopic (exact) mass is 332 g/mol. The van der Waals surface area contributed by atoms with E-state index in [9.17, 15) is 5.26 Å². The van der Waals surface area contributed by atoms with E-state index in [2.05, 4.69) is 6.07 Å². The Morgan fingerprint density at radius 2 is 1.75 bits per heavy atom. The van der Waals surface area contributed by atoms with Gasteiger partial charge < -0.3 is 10.5 Å². The predicted octanol–water partition coefficient (Wildman–Crippen LogP) is 4.71. The van der Waals surface area contributed by atoms with Gasteiger partial charge in [0.2, 0.25) is 5.88 Å². The number of nitrogens with zero attached hydrogens (tertiary/aromatic N) is 1. The highest BCUT2D eigenvalue weighted by Gasteiger charge is 2.31. The van der Waals surface area contributed by atoms with Crippen LogP contribution in [0.3, 0.4) is 0 Å². The molecule has 1 aliphatic rings. The van der Waals surface area contributed by atoms with Crippen molar-refractivity contribution in [2.24, 2.45) is 5.73 Å². The lowest BCUT2D eigenvalue weighted by Crippen LogP contribution is -2.21. The molecular formula is C20H13ClN2O. The van der Waals surface area contributed by atoms with Crippen LogP contribution in [0.5, 0.6) is 5.75 Å². The largest absolute Gasteiger partial charge is 0.440 e. The summed E-state index contributed by atoms with van der Waals surface area (Å²) in [6.45, 7) is 0. The number of benzene rings is 3. The van der Waals surface area contributed by atoms with Crippen molar-refractivity contribution in [1.29, 1.82) is 5.26 Å². The van der Waals surface area contributed by atoms with Gasteiger partial charge in [0.05, 0.1) is 5.92 Å². The van der Waals surface area contributed by atoms with Gasteiger partial charge in [0.15, 0.2) is 0 Å². The van der Waals surface area contributed by atoms with Gasteiger partial charge in [-0.05, 0) is 23.1 Å². The van der Waals surface area contributed by atoms with E-state index in [1.165, 1.54) is 0 Å². The Balaban J connectivity index is 2.00. The molecule has 1 heterocycles. The van der Waals surface area contributed by atoms with E-state index < -0.39 is 0 Å². The minimum atomic E-state index is -0.263. The molecule has 3 nitrogen and oxygen atoms in total. The molecule has 116 valence electrons. The van der Waals surface area contributed by atoms with Crippen molar-refractivity contribution in [3.8, 4) is 11.8 Å². The number of nitrogens with two attached hydrogens (primary N) is 1. The smallest absolute Gasteiger partial charge is 0.205 e. The van der Waals surface area contributed by atoms with Gasteiger partial charge in [0.25, 0.3) is 0 Å². The molecule has 0 radical (unpaired) electrons. The highest BCUT2D eigenvalue weighted by atomic mass is 35.5. The van der Waals surface area contributed by atoms with E-state index in [-0.39, 0.29) is 11.8 Å². The van der Waals surface area contributed by atoms with Gasteiger partial charge in [-0.15, -0.1) is 0 Å². The van der Waals surface area contributed by atoms with Crippen LogP contribution in [0.25, 0.3) is 10.8 Å². The number of fused-ring (bicyclic) bond motifs is 3. The summed E-state index contributed by atoms with van der Waals surface area (Å²) in [6.07, 6.45) is 0. The summed E-state index contributed by atoms with van der Waals surface area (Å²) >= 11 is 6.00. The number of allylic oxidation sites excluding steroid dienone is 1. The Kier molecular flexibility index (Phi) is 3.41. The maximum atomic E-state index is 9.59. The predicted molar refractivity (Wildman–Crippen MR) is 94.7 cm³/mol. The SMILES string of the molecule is N#CC1=C(N)Oc2c(ccc3ccccc23)[C@@H]1c1ccc(Cl)cc1. The highest BCUT2D eigenvalue weighted by molar-refractivity contribution is 6.30. The van der Waals surface area contributed by atoms with Crippen molar-refractivity contribution in [2.45, 2.75) is 5.92 Å². The van der Waals surface area contributed by atoms with Crippen molar-refractivity contribution < 1.29 is 4.74 Å². The van der Waals surface area contributed by atoms with Crippen molar-refractivity contribution >= 4 is 22.4 Å². The summed E-state index contributed by atoms with van der Waals surface area (Å²) in [7, 11) is 0. The van der Waals surface area contributed by atoms with E-state index in [1.807, 2.05) is 60.7 Å². The first-order chi connectivity index (χ1) is 11.7. The second kappa shape index (κ2) is 5.59. The third-order valence-corrected chi connectivity index (χ3v) is 4.56. The van der Waals surface area contributed by atoms with Gasteiger partial charge in [-0.3, -0.25) is 0 Å². The number of rotatable bonds is 1. The average Bonchev–Trinajstić information content (AvgIpc) is 2.61. The van der Waals surface area contributed by atoms with Crippen LogP contribution in [0, 0.1) is 11.3 Å². The lowest BCUT2D eigenvalue weighted by Gasteiger charge is -2.27. The Morgan fingerprint density at radius 3 is 2.50 bits per heavy atom. The van der Waals surface area contributed by atoms with E-state index in [4.69, 9.17) is 22.1 Å². The lowest BCUT2D eigenvalue weighted by molar-refractivity contribution is 0.398. The fourth-order valence-electron chi connectivity index (χ4n) is 3.18. The molecule has 0 fully saturated rings. The van der Waals surface area contributed by atoms with Gasteiger partial charge in [-0.25, -0.2) is 0 Å². The fourth-order valence-corrected chi connectivity index (χ4v) is 3.31. The Hall–Kier alpha value is -2.96. The van der Waals surface area contributed by atoms with Gasteiger partial charge in [0.1, 0.15) is 17.4 Å². The molecule has 0 aromatic heterocycles. The summed E-state index contributed by atoms with van der Waals surface area (Å²) in [5, 5.41) is 12.3. The minimum Gasteiger partial charge on any atom is -0.440 e. The minimum absolute atomic E-state index is 0.154. The molecule has 3 aromatic rings. The second-order valence-electron chi connectivity index (χ2n) is 5.68. The maximum absolute atomic E-state index is 9.59. The van der Waals surface area contributed by atoms with Crippen molar-refractivity contribution in [1.82, 2.24) is 0 Å². The Bertz CT molecular complexity index is 1020. The molecule has 0 aliphatic carbocycles. The van der Waals surface area contributed by atoms with Gasteiger partial charge in [-0.2, -0.15) is 5.26 Å². The zero-order valence-corrected chi connectivity index (χ0v) is 13.4. The Morgan fingerprint density at radius 1 is 1.00 bits per heavy atom.